The fourth-order valence-electron chi connectivity index (χ4n) is 4.58. The van der Waals surface area contributed by atoms with Gasteiger partial charge in [0.2, 0.25) is 5.91 Å². The predicted octanol–water partition coefficient (Wildman–Crippen LogP) is 5.09. The summed E-state index contributed by atoms with van der Waals surface area (Å²) in [6, 6.07) is 24.7. The minimum absolute atomic E-state index is 0.147. The van der Waals surface area contributed by atoms with Gasteiger partial charge in [-0.1, -0.05) is 66.7 Å². The lowest BCUT2D eigenvalue weighted by molar-refractivity contribution is -0.140. The zero-order valence-electron chi connectivity index (χ0n) is 24.8. The molecule has 0 radical (unpaired) electrons. The zero-order chi connectivity index (χ0) is 31.3. The van der Waals surface area contributed by atoms with Crippen molar-refractivity contribution in [3.63, 3.8) is 0 Å². The molecule has 0 aliphatic rings. The number of hydrogen-bond acceptors (Lipinski definition) is 7. The Kier molecular flexibility index (Phi) is 11.4. The van der Waals surface area contributed by atoms with Gasteiger partial charge in [-0.3, -0.25) is 14.4 Å². The van der Waals surface area contributed by atoms with Gasteiger partial charge < -0.3 is 25.4 Å². The van der Waals surface area contributed by atoms with Crippen molar-refractivity contribution in [3.8, 4) is 0 Å². The van der Waals surface area contributed by atoms with E-state index < -0.39 is 23.9 Å². The Labute approximate surface area is 256 Å². The van der Waals surface area contributed by atoms with E-state index in [1.165, 1.54) is 7.11 Å². The summed E-state index contributed by atoms with van der Waals surface area (Å²) in [5.41, 5.74) is 4.06. The van der Waals surface area contributed by atoms with Crippen molar-refractivity contribution in [2.75, 3.05) is 19.0 Å². The van der Waals surface area contributed by atoms with Gasteiger partial charge in [0.1, 0.15) is 18.3 Å². The van der Waals surface area contributed by atoms with E-state index in [-0.39, 0.29) is 37.7 Å². The third kappa shape index (κ3) is 9.12. The van der Waals surface area contributed by atoms with E-state index in [1.54, 1.807) is 24.3 Å². The summed E-state index contributed by atoms with van der Waals surface area (Å²) in [6.07, 6.45) is 0.567. The van der Waals surface area contributed by atoms with Crippen LogP contribution in [0.5, 0.6) is 0 Å². The molecule has 228 valence electrons. The van der Waals surface area contributed by atoms with Crippen molar-refractivity contribution < 1.29 is 28.7 Å². The van der Waals surface area contributed by atoms with Crippen LogP contribution in [0.15, 0.2) is 84.9 Å². The molecule has 1 heterocycles. The predicted molar refractivity (Wildman–Crippen MR) is 167 cm³/mol. The molecule has 0 fully saturated rings. The third-order valence-electron chi connectivity index (χ3n) is 7.11. The number of carbonyl (C=O) groups excluding carboxylic acids is 4. The molecular formula is C34H36N4O6. The molecule has 3 amide bonds. The van der Waals surface area contributed by atoms with Crippen LogP contribution >= 0.6 is 0 Å². The Hall–Kier alpha value is -5.25. The number of benzene rings is 3. The topological polar surface area (TPSA) is 136 Å². The lowest BCUT2D eigenvalue weighted by Crippen LogP contribution is -2.44. The molecule has 0 saturated heterocycles. The number of pyridine rings is 1. The summed E-state index contributed by atoms with van der Waals surface area (Å²) >= 11 is 0. The number of nitrogens with one attached hydrogen (secondary N) is 3. The van der Waals surface area contributed by atoms with E-state index >= 15 is 0 Å². The van der Waals surface area contributed by atoms with Crippen molar-refractivity contribution in [3.05, 3.63) is 107 Å². The number of fused-ring (bicyclic) bond motifs is 1. The van der Waals surface area contributed by atoms with Crippen LogP contribution in [0.25, 0.3) is 10.9 Å². The van der Waals surface area contributed by atoms with Crippen LogP contribution in [-0.2, 0) is 32.1 Å². The maximum atomic E-state index is 13.5. The summed E-state index contributed by atoms with van der Waals surface area (Å²) in [7, 11) is 1.33. The normalized spacial score (nSPS) is 11.3. The van der Waals surface area contributed by atoms with Crippen LogP contribution in [0, 0.1) is 6.92 Å². The quantitative estimate of drug-likeness (QED) is 0.144. The summed E-state index contributed by atoms with van der Waals surface area (Å²) < 4.78 is 10.1. The minimum atomic E-state index is -0.936. The first-order chi connectivity index (χ1) is 21.3. The molecule has 0 saturated carbocycles. The second kappa shape index (κ2) is 15.8. The molecule has 3 N–H and O–H groups in total. The fraction of sp³-hybridized carbons (Fsp3) is 0.265. The van der Waals surface area contributed by atoms with Gasteiger partial charge in [0.25, 0.3) is 5.91 Å². The second-order valence-electron chi connectivity index (χ2n) is 10.2. The highest BCUT2D eigenvalue weighted by Gasteiger charge is 2.23. The number of amides is 3. The Morgan fingerprint density at radius 3 is 2.39 bits per heavy atom. The number of aromatic nitrogens is 1. The Bertz CT molecular complexity index is 1620. The molecule has 3 aromatic carbocycles. The van der Waals surface area contributed by atoms with Crippen molar-refractivity contribution in [2.24, 2.45) is 0 Å². The third-order valence-corrected chi connectivity index (χ3v) is 7.11. The second-order valence-corrected chi connectivity index (χ2v) is 10.2. The van der Waals surface area contributed by atoms with Gasteiger partial charge in [-0.2, -0.15) is 0 Å². The number of esters is 1. The standard InChI is InChI=1S/C34H36N4O6/c1-23-10-3-4-13-26(23)22-44-34(42)35-21-9-16-29(38-33(41)30-19-17-24-11-5-7-14-27(24)36-30)32(40)37-28-15-8-6-12-25(28)18-20-31(39)43-2/h3-8,10-15,17,19,29H,9,16,18,20-22H2,1-2H3,(H,35,42)(H,37,40)(H,38,41)/t29-/m0/s1. The number of carbonyl (C=O) groups is 4. The van der Waals surface area contributed by atoms with Crippen LogP contribution in [0.4, 0.5) is 10.5 Å². The van der Waals surface area contributed by atoms with E-state index in [1.807, 2.05) is 67.6 Å². The van der Waals surface area contributed by atoms with Crippen LogP contribution in [-0.4, -0.2) is 48.6 Å². The van der Waals surface area contributed by atoms with Crippen LogP contribution in [0.3, 0.4) is 0 Å². The molecule has 1 atom stereocenters. The van der Waals surface area contributed by atoms with Crippen molar-refractivity contribution in [1.82, 2.24) is 15.6 Å². The molecule has 4 rings (SSSR count). The summed E-state index contributed by atoms with van der Waals surface area (Å²) in [5, 5.41) is 9.29. The van der Waals surface area contributed by atoms with Gasteiger partial charge in [-0.05, 0) is 61.1 Å². The molecule has 1 aromatic heterocycles. The molecule has 0 aliphatic heterocycles. The molecule has 0 unspecified atom stereocenters. The first-order valence-corrected chi connectivity index (χ1v) is 14.4. The maximum Gasteiger partial charge on any atom is 0.407 e. The molecule has 0 bridgehead atoms. The van der Waals surface area contributed by atoms with Gasteiger partial charge in [0.15, 0.2) is 0 Å². The average molecular weight is 597 g/mol. The number of anilines is 1. The van der Waals surface area contributed by atoms with Gasteiger partial charge in [-0.25, -0.2) is 9.78 Å². The van der Waals surface area contributed by atoms with Gasteiger partial charge in [-0.15, -0.1) is 0 Å². The number of rotatable bonds is 13. The molecule has 4 aromatic rings. The summed E-state index contributed by atoms with van der Waals surface area (Å²) in [6.45, 7) is 2.32. The molecule has 10 nitrogen and oxygen atoms in total. The van der Waals surface area contributed by atoms with Crippen LogP contribution in [0.2, 0.25) is 0 Å². The van der Waals surface area contributed by atoms with E-state index in [2.05, 4.69) is 20.9 Å². The Morgan fingerprint density at radius 1 is 0.864 bits per heavy atom. The van der Waals surface area contributed by atoms with Crippen molar-refractivity contribution >= 4 is 40.5 Å². The molecular weight excluding hydrogens is 560 g/mol. The SMILES string of the molecule is COC(=O)CCc1ccccc1NC(=O)[C@H](CCCNC(=O)OCc1ccccc1C)NC(=O)c1ccc2ccccc2n1. The number of ether oxygens (including phenoxy) is 2. The zero-order valence-corrected chi connectivity index (χ0v) is 24.8. The number of methoxy groups -OCH3 is 1. The Morgan fingerprint density at radius 2 is 1.59 bits per heavy atom. The van der Waals surface area contributed by atoms with E-state index in [0.29, 0.717) is 24.0 Å². The van der Waals surface area contributed by atoms with Gasteiger partial charge in [0.05, 0.1) is 12.6 Å². The highest BCUT2D eigenvalue weighted by Crippen LogP contribution is 2.18. The minimum Gasteiger partial charge on any atom is -0.469 e. The lowest BCUT2D eigenvalue weighted by atomic mass is 10.1. The van der Waals surface area contributed by atoms with Crippen molar-refractivity contribution in [1.29, 1.82) is 0 Å². The summed E-state index contributed by atoms with van der Waals surface area (Å²) in [5.74, 6) is -1.30. The molecule has 0 spiro atoms. The summed E-state index contributed by atoms with van der Waals surface area (Å²) in [4.78, 5) is 55.1. The number of nitrogens with zero attached hydrogens (tertiary/aromatic N) is 1. The maximum absolute atomic E-state index is 13.5. The number of hydrogen-bond donors (Lipinski definition) is 3. The largest absolute Gasteiger partial charge is 0.469 e. The molecule has 44 heavy (non-hydrogen) atoms. The smallest absolute Gasteiger partial charge is 0.407 e. The van der Waals surface area contributed by atoms with Gasteiger partial charge >= 0.3 is 12.1 Å². The van der Waals surface area contributed by atoms with E-state index in [4.69, 9.17) is 9.47 Å². The highest BCUT2D eigenvalue weighted by molar-refractivity contribution is 6.01. The number of aryl methyl sites for hydroxylation is 2. The fourth-order valence-corrected chi connectivity index (χ4v) is 4.58. The lowest BCUT2D eigenvalue weighted by Gasteiger charge is -2.20. The molecule has 10 heteroatoms. The van der Waals surface area contributed by atoms with E-state index in [0.717, 1.165) is 22.1 Å². The van der Waals surface area contributed by atoms with Crippen LogP contribution < -0.4 is 16.0 Å². The van der Waals surface area contributed by atoms with E-state index in [9.17, 15) is 19.2 Å². The first-order valence-electron chi connectivity index (χ1n) is 14.4. The first kappa shape index (κ1) is 31.7. The highest BCUT2D eigenvalue weighted by atomic mass is 16.5. The Balaban J connectivity index is 1.40. The van der Waals surface area contributed by atoms with Crippen LogP contribution in [0.1, 0.15) is 46.4 Å². The van der Waals surface area contributed by atoms with Crippen molar-refractivity contribution in [2.45, 2.75) is 45.3 Å². The molecule has 0 aliphatic carbocycles. The number of alkyl carbamates (subject to hydrolysis) is 1. The monoisotopic (exact) mass is 596 g/mol. The van der Waals surface area contributed by atoms with Gasteiger partial charge in [0, 0.05) is 24.0 Å². The average Bonchev–Trinajstić information content (AvgIpc) is 3.04. The number of para-hydroxylation sites is 2.